The van der Waals surface area contributed by atoms with Crippen LogP contribution in [-0.2, 0) is 19.1 Å². The van der Waals surface area contributed by atoms with Gasteiger partial charge in [0, 0.05) is 12.6 Å². The van der Waals surface area contributed by atoms with Gasteiger partial charge in [-0.3, -0.25) is 14.4 Å². The Balaban J connectivity index is 3.57. The first-order valence-electron chi connectivity index (χ1n) is 13.6. The molecule has 0 saturated carbocycles. The molecule has 2 unspecified atom stereocenters. The molecule has 4 N–H and O–H groups in total. The summed E-state index contributed by atoms with van der Waals surface area (Å²) in [5.41, 5.74) is 7.12. The lowest BCUT2D eigenvalue weighted by atomic mass is 9.93. The Morgan fingerprint density at radius 3 is 2.05 bits per heavy atom. The van der Waals surface area contributed by atoms with E-state index in [1.54, 1.807) is 20.8 Å². The quantitative estimate of drug-likeness (QED) is 0.305. The highest BCUT2D eigenvalue weighted by Crippen LogP contribution is 2.29. The van der Waals surface area contributed by atoms with Crippen molar-refractivity contribution in [1.29, 1.82) is 0 Å². The maximum absolute atomic E-state index is 14.1. The molecule has 4 amide bonds. The van der Waals surface area contributed by atoms with E-state index >= 15 is 0 Å². The molecule has 0 aliphatic carbocycles. The van der Waals surface area contributed by atoms with Gasteiger partial charge in [-0.2, -0.15) is 0 Å². The Morgan fingerprint density at radius 1 is 0.974 bits per heavy atom. The molecule has 0 aromatic heterocycles. The fraction of sp³-hybridized carbons (Fsp3) is 0.655. The first kappa shape index (κ1) is 32.9. The standard InChI is InChI=1S/C29H48N4O5/c1-9-10-11-12-13-17-33(27(36)22(18-23(30)34)32-28(37)38-29(6,7)8)25(26(35)31-19(2)3)24-20(4)15-14-16-21(24)5/h14-16,19,22,25H,9-13,17-18H2,1-8H3,(H2,30,34)(H,31,35)(H,32,37). The summed E-state index contributed by atoms with van der Waals surface area (Å²) in [7, 11) is 0. The van der Waals surface area contributed by atoms with Gasteiger partial charge in [0.1, 0.15) is 17.7 Å². The Bertz CT molecular complexity index is 935. The monoisotopic (exact) mass is 532 g/mol. The van der Waals surface area contributed by atoms with Gasteiger partial charge in [-0.1, -0.05) is 50.8 Å². The van der Waals surface area contributed by atoms with E-state index in [1.165, 1.54) is 4.90 Å². The number of unbranched alkanes of at least 4 members (excludes halogenated alkanes) is 4. The number of ether oxygens (including phenoxy) is 1. The first-order valence-corrected chi connectivity index (χ1v) is 13.6. The van der Waals surface area contributed by atoms with Gasteiger partial charge in [-0.05, 0) is 71.6 Å². The van der Waals surface area contributed by atoms with Gasteiger partial charge < -0.3 is 26.0 Å². The fourth-order valence-corrected chi connectivity index (χ4v) is 4.35. The second-order valence-electron chi connectivity index (χ2n) is 11.2. The van der Waals surface area contributed by atoms with Gasteiger partial charge in [0.2, 0.25) is 17.7 Å². The van der Waals surface area contributed by atoms with Crippen molar-refractivity contribution in [1.82, 2.24) is 15.5 Å². The van der Waals surface area contributed by atoms with Crippen LogP contribution in [0.4, 0.5) is 4.79 Å². The molecule has 38 heavy (non-hydrogen) atoms. The highest BCUT2D eigenvalue weighted by atomic mass is 16.6. The summed E-state index contributed by atoms with van der Waals surface area (Å²) in [5.74, 6) is -1.64. The van der Waals surface area contributed by atoms with Crippen LogP contribution in [0.2, 0.25) is 0 Å². The third kappa shape index (κ3) is 11.1. The number of alkyl carbamates (subject to hydrolysis) is 1. The summed E-state index contributed by atoms with van der Waals surface area (Å²) in [6.45, 7) is 15.0. The van der Waals surface area contributed by atoms with E-state index in [0.717, 1.165) is 42.4 Å². The number of benzene rings is 1. The van der Waals surface area contributed by atoms with E-state index in [4.69, 9.17) is 10.5 Å². The number of primary amides is 1. The predicted octanol–water partition coefficient (Wildman–Crippen LogP) is 4.44. The Morgan fingerprint density at radius 2 is 1.55 bits per heavy atom. The summed E-state index contributed by atoms with van der Waals surface area (Å²) in [4.78, 5) is 53.8. The second-order valence-corrected chi connectivity index (χ2v) is 11.2. The van der Waals surface area contributed by atoms with E-state index in [9.17, 15) is 19.2 Å². The van der Waals surface area contributed by atoms with Crippen LogP contribution in [-0.4, -0.2) is 52.9 Å². The molecule has 9 heteroatoms. The molecule has 2 atom stereocenters. The maximum Gasteiger partial charge on any atom is 0.408 e. The van der Waals surface area contributed by atoms with Crippen molar-refractivity contribution in [3.63, 3.8) is 0 Å². The van der Waals surface area contributed by atoms with Crippen LogP contribution in [0.3, 0.4) is 0 Å². The van der Waals surface area contributed by atoms with Gasteiger partial charge in [0.25, 0.3) is 0 Å². The zero-order chi connectivity index (χ0) is 29.0. The number of nitrogens with two attached hydrogens (primary N) is 1. The highest BCUT2D eigenvalue weighted by molar-refractivity contribution is 5.94. The van der Waals surface area contributed by atoms with Crippen LogP contribution in [0.25, 0.3) is 0 Å². The topological polar surface area (TPSA) is 131 Å². The molecule has 9 nitrogen and oxygen atoms in total. The van der Waals surface area contributed by atoms with Gasteiger partial charge in [-0.15, -0.1) is 0 Å². The molecule has 0 fully saturated rings. The van der Waals surface area contributed by atoms with E-state index in [2.05, 4.69) is 17.6 Å². The van der Waals surface area contributed by atoms with Gasteiger partial charge in [0.05, 0.1) is 6.42 Å². The summed E-state index contributed by atoms with van der Waals surface area (Å²) in [6.07, 6.45) is 3.44. The minimum Gasteiger partial charge on any atom is -0.444 e. The number of nitrogens with one attached hydrogen (secondary N) is 2. The normalized spacial score (nSPS) is 13.0. The van der Waals surface area contributed by atoms with E-state index in [-0.39, 0.29) is 18.5 Å². The van der Waals surface area contributed by atoms with Crippen molar-refractivity contribution in [3.8, 4) is 0 Å². The van der Waals surface area contributed by atoms with Crippen LogP contribution in [0.5, 0.6) is 0 Å². The number of hydrogen-bond acceptors (Lipinski definition) is 5. The van der Waals surface area contributed by atoms with E-state index in [1.807, 2.05) is 45.9 Å². The van der Waals surface area contributed by atoms with Crippen molar-refractivity contribution < 1.29 is 23.9 Å². The molecular formula is C29H48N4O5. The van der Waals surface area contributed by atoms with E-state index < -0.39 is 42.0 Å². The largest absolute Gasteiger partial charge is 0.444 e. The minimum atomic E-state index is -1.28. The number of carbonyl (C=O) groups is 4. The summed E-state index contributed by atoms with van der Waals surface area (Å²) < 4.78 is 5.34. The molecule has 0 heterocycles. The maximum atomic E-state index is 14.1. The van der Waals surface area contributed by atoms with Gasteiger partial charge in [0.15, 0.2) is 0 Å². The zero-order valence-corrected chi connectivity index (χ0v) is 24.5. The van der Waals surface area contributed by atoms with Crippen molar-refractivity contribution >= 4 is 23.8 Å². The predicted molar refractivity (Wildman–Crippen MR) is 149 cm³/mol. The van der Waals surface area contributed by atoms with Crippen molar-refractivity contribution in [3.05, 3.63) is 34.9 Å². The Hall–Kier alpha value is -3.10. The van der Waals surface area contributed by atoms with Crippen molar-refractivity contribution in [2.75, 3.05) is 6.54 Å². The molecule has 0 aliphatic heterocycles. The molecule has 1 aromatic carbocycles. The molecule has 0 saturated heterocycles. The average molecular weight is 533 g/mol. The van der Waals surface area contributed by atoms with Crippen molar-refractivity contribution in [2.24, 2.45) is 5.73 Å². The summed E-state index contributed by atoms with van der Waals surface area (Å²) in [6, 6.07) is 3.33. The molecule has 1 aromatic rings. The highest BCUT2D eigenvalue weighted by Gasteiger charge is 2.38. The summed E-state index contributed by atoms with van der Waals surface area (Å²) in [5, 5.41) is 5.48. The molecule has 0 radical (unpaired) electrons. The average Bonchev–Trinajstić information content (AvgIpc) is 2.76. The number of amides is 4. The lowest BCUT2D eigenvalue weighted by Gasteiger charge is -2.36. The molecular weight excluding hydrogens is 484 g/mol. The number of nitrogens with zero attached hydrogens (tertiary/aromatic N) is 1. The SMILES string of the molecule is CCCCCCCN(C(=O)C(CC(N)=O)NC(=O)OC(C)(C)C)C(C(=O)NC(C)C)c1c(C)cccc1C. The molecule has 0 spiro atoms. The first-order chi connectivity index (χ1) is 17.7. The number of aryl methyl sites for hydroxylation is 2. The number of carbonyl (C=O) groups excluding carboxylic acids is 4. The number of rotatable bonds is 14. The zero-order valence-electron chi connectivity index (χ0n) is 24.5. The Labute approximate surface area is 228 Å². The van der Waals surface area contributed by atoms with Crippen molar-refractivity contribution in [2.45, 2.75) is 118 Å². The molecule has 214 valence electrons. The molecule has 1 rings (SSSR count). The van der Waals surface area contributed by atoms with Crippen LogP contribution in [0.15, 0.2) is 18.2 Å². The lowest BCUT2D eigenvalue weighted by molar-refractivity contribution is -0.143. The van der Waals surface area contributed by atoms with E-state index in [0.29, 0.717) is 6.42 Å². The molecule has 0 bridgehead atoms. The molecule has 0 aliphatic rings. The van der Waals surface area contributed by atoms with Crippen LogP contribution in [0.1, 0.15) is 103 Å². The third-order valence-electron chi connectivity index (χ3n) is 5.99. The number of hydrogen-bond donors (Lipinski definition) is 3. The minimum absolute atomic E-state index is 0.155. The van der Waals surface area contributed by atoms with Crippen LogP contribution < -0.4 is 16.4 Å². The smallest absolute Gasteiger partial charge is 0.408 e. The third-order valence-corrected chi connectivity index (χ3v) is 5.99. The van der Waals surface area contributed by atoms with Crippen LogP contribution in [0, 0.1) is 13.8 Å². The fourth-order valence-electron chi connectivity index (χ4n) is 4.35. The Kier molecular flexibility index (Phi) is 13.3. The van der Waals surface area contributed by atoms with Gasteiger partial charge in [-0.25, -0.2) is 4.79 Å². The van der Waals surface area contributed by atoms with Crippen LogP contribution >= 0.6 is 0 Å². The van der Waals surface area contributed by atoms with Gasteiger partial charge >= 0.3 is 6.09 Å². The second kappa shape index (κ2) is 15.3. The summed E-state index contributed by atoms with van der Waals surface area (Å²) >= 11 is 0. The lowest BCUT2D eigenvalue weighted by Crippen LogP contribution is -2.54.